The van der Waals surface area contributed by atoms with E-state index in [9.17, 15) is 4.39 Å². The molecule has 4 heteroatoms. The molecule has 0 aliphatic rings. The van der Waals surface area contributed by atoms with Gasteiger partial charge in [-0.05, 0) is 18.1 Å². The molecule has 0 fully saturated rings. The number of nitrogens with two attached hydrogens (primary N) is 1. The normalized spacial score (nSPS) is 13.1. The highest BCUT2D eigenvalue weighted by Gasteiger charge is 2.11. The van der Waals surface area contributed by atoms with Crippen LogP contribution in [-0.2, 0) is 6.54 Å². The summed E-state index contributed by atoms with van der Waals surface area (Å²) in [6.07, 6.45) is 0. The SMILES string of the molecule is CC(C)C(CN)NCc1ccc(Br)cc1F. The molecular weight excluding hydrogens is 271 g/mol. The minimum atomic E-state index is -0.193. The topological polar surface area (TPSA) is 38.0 Å². The van der Waals surface area contributed by atoms with Crippen molar-refractivity contribution in [3.8, 4) is 0 Å². The summed E-state index contributed by atoms with van der Waals surface area (Å²) in [6, 6.07) is 5.32. The third-order valence-corrected chi connectivity index (χ3v) is 3.12. The molecule has 0 spiro atoms. The van der Waals surface area contributed by atoms with E-state index in [1.54, 1.807) is 6.07 Å². The second-order valence-electron chi connectivity index (χ2n) is 4.20. The Kier molecular flexibility index (Phi) is 5.38. The van der Waals surface area contributed by atoms with Gasteiger partial charge < -0.3 is 11.1 Å². The highest BCUT2D eigenvalue weighted by Crippen LogP contribution is 2.15. The van der Waals surface area contributed by atoms with E-state index in [0.717, 1.165) is 4.47 Å². The molecule has 3 N–H and O–H groups in total. The summed E-state index contributed by atoms with van der Waals surface area (Å²) in [7, 11) is 0. The van der Waals surface area contributed by atoms with Gasteiger partial charge in [0.25, 0.3) is 0 Å². The van der Waals surface area contributed by atoms with Gasteiger partial charge in [0.15, 0.2) is 0 Å². The fourth-order valence-electron chi connectivity index (χ4n) is 1.50. The van der Waals surface area contributed by atoms with Crippen LogP contribution in [0.1, 0.15) is 19.4 Å². The summed E-state index contributed by atoms with van der Waals surface area (Å²) in [5.41, 5.74) is 6.31. The van der Waals surface area contributed by atoms with E-state index in [1.807, 2.05) is 6.07 Å². The van der Waals surface area contributed by atoms with Crippen molar-refractivity contribution in [2.75, 3.05) is 6.54 Å². The zero-order valence-corrected chi connectivity index (χ0v) is 11.2. The zero-order chi connectivity index (χ0) is 12.1. The van der Waals surface area contributed by atoms with Gasteiger partial charge >= 0.3 is 0 Å². The average molecular weight is 289 g/mol. The minimum absolute atomic E-state index is 0.193. The Morgan fingerprint density at radius 2 is 2.12 bits per heavy atom. The van der Waals surface area contributed by atoms with E-state index in [1.165, 1.54) is 6.07 Å². The van der Waals surface area contributed by atoms with Gasteiger partial charge in [-0.25, -0.2) is 4.39 Å². The lowest BCUT2D eigenvalue weighted by Gasteiger charge is -2.20. The largest absolute Gasteiger partial charge is 0.329 e. The average Bonchev–Trinajstić information content (AvgIpc) is 2.21. The molecule has 0 bridgehead atoms. The third kappa shape index (κ3) is 3.85. The molecule has 1 aromatic rings. The van der Waals surface area contributed by atoms with Gasteiger partial charge in [-0.15, -0.1) is 0 Å². The van der Waals surface area contributed by atoms with Crippen LogP contribution in [-0.4, -0.2) is 12.6 Å². The molecule has 1 rings (SSSR count). The van der Waals surface area contributed by atoms with Gasteiger partial charge in [-0.3, -0.25) is 0 Å². The maximum absolute atomic E-state index is 13.5. The van der Waals surface area contributed by atoms with Crippen LogP contribution in [0.15, 0.2) is 22.7 Å². The summed E-state index contributed by atoms with van der Waals surface area (Å²) >= 11 is 3.23. The van der Waals surface area contributed by atoms with Gasteiger partial charge in [0, 0.05) is 29.2 Å². The van der Waals surface area contributed by atoms with Crippen LogP contribution >= 0.6 is 15.9 Å². The Hall–Kier alpha value is -0.450. The molecule has 0 aliphatic heterocycles. The van der Waals surface area contributed by atoms with Crippen molar-refractivity contribution >= 4 is 15.9 Å². The molecule has 2 nitrogen and oxygen atoms in total. The summed E-state index contributed by atoms with van der Waals surface area (Å²) in [6.45, 7) is 5.28. The highest BCUT2D eigenvalue weighted by atomic mass is 79.9. The van der Waals surface area contributed by atoms with Gasteiger partial charge in [0.1, 0.15) is 5.82 Å². The van der Waals surface area contributed by atoms with Crippen molar-refractivity contribution in [1.82, 2.24) is 5.32 Å². The summed E-state index contributed by atoms with van der Waals surface area (Å²) in [5.74, 6) is 0.255. The molecule has 0 heterocycles. The molecule has 0 aromatic heterocycles. The lowest BCUT2D eigenvalue weighted by atomic mass is 10.0. The van der Waals surface area contributed by atoms with Crippen LogP contribution in [0.25, 0.3) is 0 Å². The lowest BCUT2D eigenvalue weighted by Crippen LogP contribution is -2.39. The Bertz CT molecular complexity index is 342. The number of nitrogens with one attached hydrogen (secondary N) is 1. The quantitative estimate of drug-likeness (QED) is 0.874. The first-order valence-corrected chi connectivity index (χ1v) is 6.21. The fourth-order valence-corrected chi connectivity index (χ4v) is 1.83. The Morgan fingerprint density at radius 3 is 2.62 bits per heavy atom. The van der Waals surface area contributed by atoms with E-state index in [2.05, 4.69) is 35.1 Å². The van der Waals surface area contributed by atoms with Crippen molar-refractivity contribution in [2.45, 2.75) is 26.4 Å². The highest BCUT2D eigenvalue weighted by molar-refractivity contribution is 9.10. The first kappa shape index (κ1) is 13.6. The summed E-state index contributed by atoms with van der Waals surface area (Å²) < 4.78 is 14.3. The second kappa shape index (κ2) is 6.33. The molecular formula is C12H18BrFN2. The first-order chi connectivity index (χ1) is 7.54. The van der Waals surface area contributed by atoms with Crippen LogP contribution in [0.4, 0.5) is 4.39 Å². The number of rotatable bonds is 5. The van der Waals surface area contributed by atoms with Crippen molar-refractivity contribution in [3.63, 3.8) is 0 Å². The number of hydrogen-bond donors (Lipinski definition) is 2. The molecule has 0 saturated heterocycles. The second-order valence-corrected chi connectivity index (χ2v) is 5.12. The predicted octanol–water partition coefficient (Wildman–Crippen LogP) is 2.66. The first-order valence-electron chi connectivity index (χ1n) is 5.42. The van der Waals surface area contributed by atoms with Gasteiger partial charge in [0.05, 0.1) is 0 Å². The van der Waals surface area contributed by atoms with Crippen LogP contribution in [0.5, 0.6) is 0 Å². The van der Waals surface area contributed by atoms with E-state index < -0.39 is 0 Å². The molecule has 0 radical (unpaired) electrons. The maximum Gasteiger partial charge on any atom is 0.128 e. The van der Waals surface area contributed by atoms with Crippen LogP contribution in [0.2, 0.25) is 0 Å². The van der Waals surface area contributed by atoms with Crippen molar-refractivity contribution in [3.05, 3.63) is 34.1 Å². The summed E-state index contributed by atoms with van der Waals surface area (Å²) in [4.78, 5) is 0. The zero-order valence-electron chi connectivity index (χ0n) is 9.63. The van der Waals surface area contributed by atoms with E-state index in [0.29, 0.717) is 24.6 Å². The number of hydrogen-bond acceptors (Lipinski definition) is 2. The van der Waals surface area contributed by atoms with Crippen molar-refractivity contribution in [2.24, 2.45) is 11.7 Å². The monoisotopic (exact) mass is 288 g/mol. The Balaban J connectivity index is 2.60. The van der Waals surface area contributed by atoms with Crippen LogP contribution in [0.3, 0.4) is 0 Å². The minimum Gasteiger partial charge on any atom is -0.329 e. The lowest BCUT2D eigenvalue weighted by molar-refractivity contribution is 0.401. The molecule has 90 valence electrons. The van der Waals surface area contributed by atoms with Crippen LogP contribution < -0.4 is 11.1 Å². The molecule has 0 aliphatic carbocycles. The Morgan fingerprint density at radius 1 is 1.44 bits per heavy atom. The predicted molar refractivity (Wildman–Crippen MR) is 68.6 cm³/mol. The van der Waals surface area contributed by atoms with Gasteiger partial charge in [0.2, 0.25) is 0 Å². The fraction of sp³-hybridized carbons (Fsp3) is 0.500. The van der Waals surface area contributed by atoms with Gasteiger partial charge in [-0.2, -0.15) is 0 Å². The molecule has 0 saturated carbocycles. The van der Waals surface area contributed by atoms with Crippen molar-refractivity contribution < 1.29 is 4.39 Å². The smallest absolute Gasteiger partial charge is 0.128 e. The van der Waals surface area contributed by atoms with E-state index in [4.69, 9.17) is 5.73 Å². The molecule has 16 heavy (non-hydrogen) atoms. The molecule has 1 unspecified atom stereocenters. The number of benzene rings is 1. The van der Waals surface area contributed by atoms with E-state index in [-0.39, 0.29) is 11.9 Å². The van der Waals surface area contributed by atoms with Crippen molar-refractivity contribution in [1.29, 1.82) is 0 Å². The van der Waals surface area contributed by atoms with Crippen LogP contribution in [0, 0.1) is 11.7 Å². The number of halogens is 2. The molecule has 0 amide bonds. The van der Waals surface area contributed by atoms with E-state index >= 15 is 0 Å². The maximum atomic E-state index is 13.5. The molecule has 1 aromatic carbocycles. The molecule has 1 atom stereocenters. The van der Waals surface area contributed by atoms with Gasteiger partial charge in [-0.1, -0.05) is 35.8 Å². The standard InChI is InChI=1S/C12H18BrFN2/c1-8(2)12(6-15)16-7-9-3-4-10(13)5-11(9)14/h3-5,8,12,16H,6-7,15H2,1-2H3. The third-order valence-electron chi connectivity index (χ3n) is 2.63. The summed E-state index contributed by atoms with van der Waals surface area (Å²) in [5, 5.41) is 3.27. The Labute approximate surface area is 105 Å².